The topological polar surface area (TPSA) is 23.5 Å². The van der Waals surface area contributed by atoms with Crippen LogP contribution < -0.4 is 0 Å². The average Bonchev–Trinajstić information content (AvgIpc) is 2.51. The molecule has 0 aliphatic rings. The van der Waals surface area contributed by atoms with Gasteiger partial charge in [0.25, 0.3) is 0 Å². The van der Waals surface area contributed by atoms with Crippen molar-refractivity contribution in [3.05, 3.63) is 35.4 Å². The summed E-state index contributed by atoms with van der Waals surface area (Å²) in [6.45, 7) is 13.0. The normalized spacial score (nSPS) is 14.7. The molecule has 0 saturated carbocycles. The van der Waals surface area contributed by atoms with Gasteiger partial charge in [0.2, 0.25) is 0 Å². The molecule has 1 aromatic carbocycles. The van der Waals surface area contributed by atoms with Gasteiger partial charge in [0.1, 0.15) is 0 Å². The van der Waals surface area contributed by atoms with Crippen LogP contribution in [0.4, 0.5) is 0 Å². The summed E-state index contributed by atoms with van der Waals surface area (Å²) in [5, 5.41) is 10.8. The molecular formula is C19H33NO. The van der Waals surface area contributed by atoms with E-state index >= 15 is 0 Å². The Morgan fingerprint density at radius 3 is 1.90 bits per heavy atom. The highest BCUT2D eigenvalue weighted by Gasteiger charge is 2.25. The monoisotopic (exact) mass is 291 g/mol. The molecule has 0 spiro atoms. The van der Waals surface area contributed by atoms with Crippen LogP contribution in [-0.4, -0.2) is 29.1 Å². The molecule has 0 aromatic heterocycles. The molecule has 0 bridgehead atoms. The Balaban J connectivity index is 2.89. The van der Waals surface area contributed by atoms with Crippen molar-refractivity contribution in [2.75, 3.05) is 13.1 Å². The van der Waals surface area contributed by atoms with Crippen LogP contribution >= 0.6 is 0 Å². The lowest BCUT2D eigenvalue weighted by atomic mass is 9.94. The van der Waals surface area contributed by atoms with Crippen molar-refractivity contribution in [3.8, 4) is 0 Å². The zero-order chi connectivity index (χ0) is 15.8. The third kappa shape index (κ3) is 5.12. The highest BCUT2D eigenvalue weighted by Crippen LogP contribution is 2.26. The Labute approximate surface area is 131 Å². The molecule has 0 heterocycles. The number of hydrogen-bond donors (Lipinski definition) is 1. The van der Waals surface area contributed by atoms with Crippen LogP contribution in [0.2, 0.25) is 0 Å². The molecule has 120 valence electrons. The van der Waals surface area contributed by atoms with Crippen LogP contribution in [0.5, 0.6) is 0 Å². The molecule has 1 N–H and O–H groups in total. The molecule has 2 unspecified atom stereocenters. The second-order valence-corrected chi connectivity index (χ2v) is 6.20. The second kappa shape index (κ2) is 9.22. The zero-order valence-corrected chi connectivity index (χ0v) is 14.5. The summed E-state index contributed by atoms with van der Waals surface area (Å²) in [7, 11) is 0. The SMILES string of the molecule is CCCCC(C(O)c1ccc(C(C)C)cc1)N(CC)CC. The predicted molar refractivity (Wildman–Crippen MR) is 91.7 cm³/mol. The van der Waals surface area contributed by atoms with Crippen LogP contribution in [0.3, 0.4) is 0 Å². The first-order valence-electron chi connectivity index (χ1n) is 8.57. The van der Waals surface area contributed by atoms with E-state index in [0.717, 1.165) is 25.1 Å². The first-order valence-corrected chi connectivity index (χ1v) is 8.57. The van der Waals surface area contributed by atoms with Crippen LogP contribution in [0.25, 0.3) is 0 Å². The quantitative estimate of drug-likeness (QED) is 0.710. The first kappa shape index (κ1) is 18.2. The van der Waals surface area contributed by atoms with Crippen molar-refractivity contribution >= 4 is 0 Å². The lowest BCUT2D eigenvalue weighted by Gasteiger charge is -2.33. The third-order valence-electron chi connectivity index (χ3n) is 4.44. The molecule has 0 aliphatic heterocycles. The van der Waals surface area contributed by atoms with E-state index in [4.69, 9.17) is 0 Å². The molecule has 2 nitrogen and oxygen atoms in total. The summed E-state index contributed by atoms with van der Waals surface area (Å²) in [5.74, 6) is 0.537. The van der Waals surface area contributed by atoms with Crippen molar-refractivity contribution in [1.29, 1.82) is 0 Å². The Bertz CT molecular complexity index is 381. The van der Waals surface area contributed by atoms with E-state index in [1.807, 2.05) is 0 Å². The van der Waals surface area contributed by atoms with Gasteiger partial charge < -0.3 is 5.11 Å². The fraction of sp³-hybridized carbons (Fsp3) is 0.684. The van der Waals surface area contributed by atoms with Crippen molar-refractivity contribution in [2.24, 2.45) is 0 Å². The lowest BCUT2D eigenvalue weighted by Crippen LogP contribution is -2.39. The number of rotatable bonds is 9. The molecule has 0 amide bonds. The summed E-state index contributed by atoms with van der Waals surface area (Å²) in [6, 6.07) is 8.74. The maximum absolute atomic E-state index is 10.8. The van der Waals surface area contributed by atoms with Crippen molar-refractivity contribution < 1.29 is 5.11 Å². The van der Waals surface area contributed by atoms with Gasteiger partial charge in [-0.15, -0.1) is 0 Å². The largest absolute Gasteiger partial charge is 0.387 e. The number of aliphatic hydroxyl groups excluding tert-OH is 1. The molecule has 1 aromatic rings. The number of likely N-dealkylation sites (N-methyl/N-ethyl adjacent to an activating group) is 1. The molecule has 0 fully saturated rings. The fourth-order valence-corrected chi connectivity index (χ4v) is 2.95. The van der Waals surface area contributed by atoms with Gasteiger partial charge in [0.15, 0.2) is 0 Å². The Hall–Kier alpha value is -0.860. The van der Waals surface area contributed by atoms with Gasteiger partial charge >= 0.3 is 0 Å². The van der Waals surface area contributed by atoms with Gasteiger partial charge in [0.05, 0.1) is 6.10 Å². The van der Waals surface area contributed by atoms with Gasteiger partial charge in [-0.25, -0.2) is 0 Å². The van der Waals surface area contributed by atoms with Crippen LogP contribution in [0.1, 0.15) is 77.0 Å². The first-order chi connectivity index (χ1) is 10.0. The lowest BCUT2D eigenvalue weighted by molar-refractivity contribution is 0.0473. The van der Waals surface area contributed by atoms with E-state index in [0.29, 0.717) is 5.92 Å². The van der Waals surface area contributed by atoms with Crippen molar-refractivity contribution in [1.82, 2.24) is 4.90 Å². The standard InChI is InChI=1S/C19H33NO/c1-6-9-10-18(20(7-2)8-3)19(21)17-13-11-16(12-14-17)15(4)5/h11-15,18-19,21H,6-10H2,1-5H3. The highest BCUT2D eigenvalue weighted by molar-refractivity contribution is 5.26. The number of benzene rings is 1. The molecule has 2 atom stereocenters. The summed E-state index contributed by atoms with van der Waals surface area (Å²) >= 11 is 0. The molecule has 2 heteroatoms. The van der Waals surface area contributed by atoms with Crippen molar-refractivity contribution in [3.63, 3.8) is 0 Å². The van der Waals surface area contributed by atoms with E-state index < -0.39 is 6.10 Å². The maximum Gasteiger partial charge on any atom is 0.0945 e. The maximum atomic E-state index is 10.8. The third-order valence-corrected chi connectivity index (χ3v) is 4.44. The van der Waals surface area contributed by atoms with E-state index in [1.54, 1.807) is 0 Å². The molecule has 1 rings (SSSR count). The van der Waals surface area contributed by atoms with Crippen molar-refractivity contribution in [2.45, 2.75) is 71.9 Å². The minimum absolute atomic E-state index is 0.227. The van der Waals surface area contributed by atoms with Gasteiger partial charge in [-0.1, -0.05) is 71.7 Å². The second-order valence-electron chi connectivity index (χ2n) is 6.20. The molecular weight excluding hydrogens is 258 g/mol. The summed E-state index contributed by atoms with van der Waals surface area (Å²) in [4.78, 5) is 2.39. The summed E-state index contributed by atoms with van der Waals surface area (Å²) in [5.41, 5.74) is 2.38. The molecule has 0 radical (unpaired) electrons. The van der Waals surface area contributed by atoms with Gasteiger partial charge in [-0.2, -0.15) is 0 Å². The number of hydrogen-bond acceptors (Lipinski definition) is 2. The Morgan fingerprint density at radius 1 is 0.952 bits per heavy atom. The number of aliphatic hydroxyl groups is 1. The molecule has 0 saturated heterocycles. The van der Waals surface area contributed by atoms with E-state index in [-0.39, 0.29) is 6.04 Å². The Morgan fingerprint density at radius 2 is 1.48 bits per heavy atom. The van der Waals surface area contributed by atoms with Gasteiger partial charge in [-0.3, -0.25) is 4.90 Å². The van der Waals surface area contributed by atoms with Gasteiger partial charge in [-0.05, 0) is 36.6 Å². The minimum atomic E-state index is -0.391. The minimum Gasteiger partial charge on any atom is -0.387 e. The summed E-state index contributed by atoms with van der Waals surface area (Å²) in [6.07, 6.45) is 3.02. The van der Waals surface area contributed by atoms with Gasteiger partial charge in [0, 0.05) is 6.04 Å². The molecule has 21 heavy (non-hydrogen) atoms. The Kier molecular flexibility index (Phi) is 7.98. The average molecular weight is 291 g/mol. The molecule has 0 aliphatic carbocycles. The number of unbranched alkanes of at least 4 members (excludes halogenated alkanes) is 1. The van der Waals surface area contributed by atoms with E-state index in [1.165, 1.54) is 18.4 Å². The van der Waals surface area contributed by atoms with Crippen LogP contribution in [0.15, 0.2) is 24.3 Å². The van der Waals surface area contributed by atoms with E-state index in [9.17, 15) is 5.11 Å². The number of nitrogens with zero attached hydrogens (tertiary/aromatic N) is 1. The van der Waals surface area contributed by atoms with E-state index in [2.05, 4.69) is 63.8 Å². The zero-order valence-electron chi connectivity index (χ0n) is 14.5. The highest BCUT2D eigenvalue weighted by atomic mass is 16.3. The smallest absolute Gasteiger partial charge is 0.0945 e. The summed E-state index contributed by atoms with van der Waals surface area (Å²) < 4.78 is 0. The van der Waals surface area contributed by atoms with Crippen LogP contribution in [0, 0.1) is 0 Å². The predicted octanol–water partition coefficient (Wildman–Crippen LogP) is 4.74. The fourth-order valence-electron chi connectivity index (χ4n) is 2.95. The van der Waals surface area contributed by atoms with Crippen LogP contribution in [-0.2, 0) is 0 Å².